The van der Waals surface area contributed by atoms with Crippen molar-refractivity contribution in [1.29, 1.82) is 0 Å². The maximum atomic E-state index is 13.8. The van der Waals surface area contributed by atoms with Gasteiger partial charge in [-0.15, -0.1) is 0 Å². The fourth-order valence-corrected chi connectivity index (χ4v) is 1.60. The van der Waals surface area contributed by atoms with Gasteiger partial charge in [-0.2, -0.15) is 8.78 Å². The predicted molar refractivity (Wildman–Crippen MR) is 65.2 cm³/mol. The van der Waals surface area contributed by atoms with Crippen molar-refractivity contribution in [2.24, 2.45) is 0 Å². The van der Waals surface area contributed by atoms with E-state index in [1.54, 1.807) is 24.3 Å². The molecule has 18 heavy (non-hydrogen) atoms. The molecule has 0 saturated heterocycles. The molecule has 0 bridgehead atoms. The second-order valence-corrected chi connectivity index (χ2v) is 3.93. The molecule has 4 heteroatoms. The first-order chi connectivity index (χ1) is 8.58. The van der Waals surface area contributed by atoms with E-state index in [2.05, 4.69) is 5.32 Å². The first-order valence-electron chi connectivity index (χ1n) is 5.51. The topological polar surface area (TPSA) is 12.0 Å². The Morgan fingerprint density at radius 2 is 1.67 bits per heavy atom. The average Bonchev–Trinajstić information content (AvgIpc) is 2.38. The van der Waals surface area contributed by atoms with Gasteiger partial charge >= 0.3 is 0 Å². The molecule has 0 aliphatic heterocycles. The van der Waals surface area contributed by atoms with E-state index in [4.69, 9.17) is 0 Å². The summed E-state index contributed by atoms with van der Waals surface area (Å²) in [4.78, 5) is 0. The Morgan fingerprint density at radius 1 is 0.944 bits per heavy atom. The van der Waals surface area contributed by atoms with Crippen LogP contribution in [0.2, 0.25) is 0 Å². The number of hydrogen-bond donors (Lipinski definition) is 1. The zero-order chi connectivity index (χ0) is 13.0. The van der Waals surface area contributed by atoms with Gasteiger partial charge in [0.15, 0.2) is 0 Å². The molecule has 0 radical (unpaired) electrons. The quantitative estimate of drug-likeness (QED) is 0.865. The van der Waals surface area contributed by atoms with Crippen LogP contribution in [0.5, 0.6) is 0 Å². The number of benzene rings is 2. The van der Waals surface area contributed by atoms with Crippen LogP contribution in [0.25, 0.3) is 0 Å². The number of alkyl halides is 2. The van der Waals surface area contributed by atoms with Gasteiger partial charge in [0.2, 0.25) is 0 Å². The Bertz CT molecular complexity index is 511. The molecule has 0 spiro atoms. The van der Waals surface area contributed by atoms with Crippen LogP contribution in [0.4, 0.5) is 18.9 Å². The molecule has 0 fully saturated rings. The van der Waals surface area contributed by atoms with Crippen molar-refractivity contribution in [2.45, 2.75) is 5.92 Å². The van der Waals surface area contributed by atoms with Crippen LogP contribution in [0.1, 0.15) is 5.56 Å². The molecule has 2 rings (SSSR count). The molecule has 0 unspecified atom stereocenters. The Hall–Kier alpha value is -1.97. The van der Waals surface area contributed by atoms with E-state index in [1.165, 1.54) is 30.3 Å². The summed E-state index contributed by atoms with van der Waals surface area (Å²) in [6, 6.07) is 13.0. The molecule has 0 aromatic heterocycles. The summed E-state index contributed by atoms with van der Waals surface area (Å²) >= 11 is 0. The van der Waals surface area contributed by atoms with Crippen molar-refractivity contribution in [2.75, 3.05) is 11.9 Å². The van der Waals surface area contributed by atoms with Crippen molar-refractivity contribution in [1.82, 2.24) is 0 Å². The van der Waals surface area contributed by atoms with Crippen LogP contribution in [0, 0.1) is 5.82 Å². The smallest absolute Gasteiger partial charge is 0.290 e. The highest BCUT2D eigenvalue weighted by Crippen LogP contribution is 2.28. The van der Waals surface area contributed by atoms with E-state index in [0.717, 1.165) is 0 Å². The standard InChI is InChI=1S/C14H12F3N/c15-12-7-4-8-13(9-12)18-10-14(16,17)11-5-2-1-3-6-11/h1-9,18H,10H2. The largest absolute Gasteiger partial charge is 0.379 e. The monoisotopic (exact) mass is 251 g/mol. The molecule has 0 heterocycles. The molecule has 94 valence electrons. The van der Waals surface area contributed by atoms with Crippen molar-refractivity contribution in [3.8, 4) is 0 Å². The average molecular weight is 251 g/mol. The SMILES string of the molecule is Fc1cccc(NCC(F)(F)c2ccccc2)c1. The van der Waals surface area contributed by atoms with Crippen LogP contribution < -0.4 is 5.32 Å². The minimum atomic E-state index is -2.99. The van der Waals surface area contributed by atoms with Crippen LogP contribution in [0.3, 0.4) is 0 Å². The fourth-order valence-electron chi connectivity index (χ4n) is 1.60. The third-order valence-electron chi connectivity index (χ3n) is 2.54. The van der Waals surface area contributed by atoms with E-state index in [1.807, 2.05) is 0 Å². The molecule has 0 saturated carbocycles. The van der Waals surface area contributed by atoms with Crippen molar-refractivity contribution in [3.63, 3.8) is 0 Å². The maximum absolute atomic E-state index is 13.8. The molecule has 0 aliphatic rings. The molecule has 2 aromatic rings. The fraction of sp³-hybridized carbons (Fsp3) is 0.143. The zero-order valence-electron chi connectivity index (χ0n) is 9.54. The van der Waals surface area contributed by atoms with Gasteiger partial charge in [0.1, 0.15) is 5.82 Å². The van der Waals surface area contributed by atoms with Crippen LogP contribution >= 0.6 is 0 Å². The highest BCUT2D eigenvalue weighted by molar-refractivity contribution is 5.43. The summed E-state index contributed by atoms with van der Waals surface area (Å²) in [5.74, 6) is -3.45. The molecule has 0 aliphatic carbocycles. The summed E-state index contributed by atoms with van der Waals surface area (Å²) in [5, 5.41) is 2.53. The van der Waals surface area contributed by atoms with Crippen LogP contribution in [-0.4, -0.2) is 6.54 Å². The summed E-state index contributed by atoms with van der Waals surface area (Å²) < 4.78 is 40.5. The van der Waals surface area contributed by atoms with Crippen LogP contribution in [-0.2, 0) is 5.92 Å². The highest BCUT2D eigenvalue weighted by Gasteiger charge is 2.30. The van der Waals surface area contributed by atoms with Gasteiger partial charge in [0.05, 0.1) is 6.54 Å². The van der Waals surface area contributed by atoms with E-state index in [0.29, 0.717) is 5.69 Å². The number of anilines is 1. The summed E-state index contributed by atoms with van der Waals surface area (Å²) in [7, 11) is 0. The minimum Gasteiger partial charge on any atom is -0.379 e. The van der Waals surface area contributed by atoms with E-state index in [-0.39, 0.29) is 5.56 Å². The molecular weight excluding hydrogens is 239 g/mol. The minimum absolute atomic E-state index is 0.0612. The van der Waals surface area contributed by atoms with Crippen molar-refractivity contribution < 1.29 is 13.2 Å². The third kappa shape index (κ3) is 3.03. The van der Waals surface area contributed by atoms with Crippen molar-refractivity contribution >= 4 is 5.69 Å². The lowest BCUT2D eigenvalue weighted by atomic mass is 10.1. The lowest BCUT2D eigenvalue weighted by molar-refractivity contribution is 0.0106. The lowest BCUT2D eigenvalue weighted by Crippen LogP contribution is -2.24. The number of nitrogens with one attached hydrogen (secondary N) is 1. The summed E-state index contributed by atoms with van der Waals surface area (Å²) in [6.45, 7) is -0.569. The molecule has 1 nitrogen and oxygen atoms in total. The van der Waals surface area contributed by atoms with Gasteiger partial charge in [0, 0.05) is 11.3 Å². The third-order valence-corrected chi connectivity index (χ3v) is 2.54. The highest BCUT2D eigenvalue weighted by atomic mass is 19.3. The first kappa shape index (κ1) is 12.5. The molecule has 0 amide bonds. The number of hydrogen-bond acceptors (Lipinski definition) is 1. The maximum Gasteiger partial charge on any atom is 0.290 e. The van der Waals surface area contributed by atoms with E-state index < -0.39 is 18.3 Å². The zero-order valence-corrected chi connectivity index (χ0v) is 9.54. The van der Waals surface area contributed by atoms with Crippen molar-refractivity contribution in [3.05, 3.63) is 66.0 Å². The van der Waals surface area contributed by atoms with Crippen LogP contribution in [0.15, 0.2) is 54.6 Å². The second-order valence-electron chi connectivity index (χ2n) is 3.93. The molecular formula is C14H12F3N. The summed E-state index contributed by atoms with van der Waals surface area (Å²) in [6.07, 6.45) is 0. The Kier molecular flexibility index (Phi) is 3.55. The van der Waals surface area contributed by atoms with E-state index in [9.17, 15) is 13.2 Å². The van der Waals surface area contributed by atoms with Gasteiger partial charge in [-0.3, -0.25) is 0 Å². The molecule has 2 aromatic carbocycles. The van der Waals surface area contributed by atoms with E-state index >= 15 is 0 Å². The van der Waals surface area contributed by atoms with Gasteiger partial charge in [-0.25, -0.2) is 4.39 Å². The number of rotatable bonds is 4. The Balaban J connectivity index is 2.05. The van der Waals surface area contributed by atoms with Gasteiger partial charge in [-0.05, 0) is 18.2 Å². The Morgan fingerprint density at radius 3 is 2.33 bits per heavy atom. The lowest BCUT2D eigenvalue weighted by Gasteiger charge is -2.18. The summed E-state index contributed by atoms with van der Waals surface area (Å²) in [5.41, 5.74) is 0.277. The molecule has 1 N–H and O–H groups in total. The number of halogens is 3. The van der Waals surface area contributed by atoms with Gasteiger partial charge in [0.25, 0.3) is 5.92 Å². The van der Waals surface area contributed by atoms with Gasteiger partial charge in [-0.1, -0.05) is 36.4 Å². The first-order valence-corrected chi connectivity index (χ1v) is 5.51. The van der Waals surface area contributed by atoms with Gasteiger partial charge < -0.3 is 5.32 Å². The second kappa shape index (κ2) is 5.12. The predicted octanol–water partition coefficient (Wildman–Crippen LogP) is 4.03. The Labute approximate surface area is 103 Å². The normalized spacial score (nSPS) is 11.3. The molecule has 0 atom stereocenters.